The Kier molecular flexibility index (Phi) is 4.36. The summed E-state index contributed by atoms with van der Waals surface area (Å²) in [6.45, 7) is 2.02. The van der Waals surface area contributed by atoms with Crippen LogP contribution in [0.4, 0.5) is 18.9 Å². The number of non-ortho nitro benzene ring substituents is 1. The molecule has 5 nitrogen and oxygen atoms in total. The van der Waals surface area contributed by atoms with Crippen molar-refractivity contribution >= 4 is 11.7 Å². The summed E-state index contributed by atoms with van der Waals surface area (Å²) < 4.78 is 42.9. The van der Waals surface area contributed by atoms with E-state index in [0.29, 0.717) is 0 Å². The van der Waals surface area contributed by atoms with E-state index >= 15 is 0 Å². The van der Waals surface area contributed by atoms with E-state index in [1.54, 1.807) is 0 Å². The molecule has 0 saturated heterocycles. The summed E-state index contributed by atoms with van der Waals surface area (Å²) in [5, 5.41) is 10.4. The number of hydrogen-bond acceptors (Lipinski definition) is 4. The van der Waals surface area contributed by atoms with Gasteiger partial charge in [-0.2, -0.15) is 13.2 Å². The minimum atomic E-state index is -4.70. The van der Waals surface area contributed by atoms with Crippen LogP contribution in [0.3, 0.4) is 0 Å². The van der Waals surface area contributed by atoms with E-state index in [2.05, 4.69) is 4.74 Å². The van der Waals surface area contributed by atoms with Gasteiger partial charge in [0.2, 0.25) is 5.60 Å². The molecule has 0 saturated carbocycles. The molecule has 110 valence electrons. The Labute approximate surface area is 112 Å². The molecule has 0 aliphatic carbocycles. The van der Waals surface area contributed by atoms with Crippen molar-refractivity contribution in [2.24, 2.45) is 0 Å². The van der Waals surface area contributed by atoms with Crippen LogP contribution >= 0.6 is 0 Å². The summed E-state index contributed by atoms with van der Waals surface area (Å²) in [6.07, 6.45) is -5.13. The number of rotatable bonds is 4. The number of ether oxygens (including phenoxy) is 1. The van der Waals surface area contributed by atoms with Crippen LogP contribution in [0.2, 0.25) is 0 Å². The molecule has 0 radical (unpaired) electrons. The molecular formula is C12H12F3NO4. The molecule has 0 fully saturated rings. The third kappa shape index (κ3) is 3.25. The van der Waals surface area contributed by atoms with Gasteiger partial charge in [-0.15, -0.1) is 0 Å². The Balaban J connectivity index is 2.93. The molecule has 1 aromatic carbocycles. The second kappa shape index (κ2) is 5.48. The first-order valence-corrected chi connectivity index (χ1v) is 5.65. The minimum absolute atomic E-state index is 0.181. The number of nitro benzene ring substituents is 1. The first kappa shape index (κ1) is 15.9. The number of hydrogen-bond donors (Lipinski definition) is 0. The van der Waals surface area contributed by atoms with Gasteiger partial charge in [0, 0.05) is 12.1 Å². The lowest BCUT2D eigenvalue weighted by Gasteiger charge is -2.30. The Morgan fingerprint density at radius 1 is 1.30 bits per heavy atom. The third-order valence-corrected chi connectivity index (χ3v) is 2.91. The van der Waals surface area contributed by atoms with Gasteiger partial charge in [0.05, 0.1) is 10.5 Å². The van der Waals surface area contributed by atoms with Gasteiger partial charge in [0.15, 0.2) is 0 Å². The SMILES string of the molecule is CCC(C)(OC(=O)c1ccc([N+](=O)[O-])cc1)C(F)(F)F. The van der Waals surface area contributed by atoms with Crippen molar-refractivity contribution in [2.75, 3.05) is 0 Å². The summed E-state index contributed by atoms with van der Waals surface area (Å²) in [5.74, 6) is -1.18. The fraction of sp³-hybridized carbons (Fsp3) is 0.417. The number of carbonyl (C=O) groups is 1. The summed E-state index contributed by atoms with van der Waals surface area (Å²) in [6, 6.07) is 4.14. The first-order chi connectivity index (χ1) is 9.10. The van der Waals surface area contributed by atoms with E-state index in [4.69, 9.17) is 0 Å². The molecule has 1 unspecified atom stereocenters. The lowest BCUT2D eigenvalue weighted by atomic mass is 10.0. The Hall–Kier alpha value is -2.12. The molecule has 1 aromatic rings. The van der Waals surface area contributed by atoms with Gasteiger partial charge in [0.25, 0.3) is 5.69 Å². The quantitative estimate of drug-likeness (QED) is 0.484. The standard InChI is InChI=1S/C12H12F3NO4/c1-3-11(2,12(13,14)15)20-10(17)8-4-6-9(7-5-8)16(18)19/h4-7H,3H2,1-2H3. The molecule has 0 aromatic heterocycles. The van der Waals surface area contributed by atoms with E-state index in [1.165, 1.54) is 6.92 Å². The van der Waals surface area contributed by atoms with Crippen molar-refractivity contribution in [3.05, 3.63) is 39.9 Å². The number of esters is 1. The van der Waals surface area contributed by atoms with E-state index in [9.17, 15) is 28.1 Å². The Bertz CT molecular complexity index is 512. The molecule has 0 N–H and O–H groups in total. The van der Waals surface area contributed by atoms with Gasteiger partial charge in [-0.1, -0.05) is 6.92 Å². The maximum atomic E-state index is 12.8. The molecular weight excluding hydrogens is 279 g/mol. The van der Waals surface area contributed by atoms with E-state index in [0.717, 1.165) is 31.2 Å². The van der Waals surface area contributed by atoms with Gasteiger partial charge in [-0.3, -0.25) is 10.1 Å². The van der Waals surface area contributed by atoms with Crippen LogP contribution in [0, 0.1) is 10.1 Å². The Morgan fingerprint density at radius 3 is 2.15 bits per heavy atom. The number of benzene rings is 1. The summed E-state index contributed by atoms with van der Waals surface area (Å²) in [5.41, 5.74) is -3.04. The highest BCUT2D eigenvalue weighted by molar-refractivity contribution is 5.90. The van der Waals surface area contributed by atoms with Gasteiger partial charge < -0.3 is 4.74 Å². The average Bonchev–Trinajstić information content (AvgIpc) is 2.37. The second-order valence-electron chi connectivity index (χ2n) is 4.28. The van der Waals surface area contributed by atoms with Crippen LogP contribution in [0.1, 0.15) is 30.6 Å². The zero-order valence-corrected chi connectivity index (χ0v) is 10.7. The van der Waals surface area contributed by atoms with Crippen LogP contribution in [0.5, 0.6) is 0 Å². The zero-order valence-electron chi connectivity index (χ0n) is 10.7. The second-order valence-corrected chi connectivity index (χ2v) is 4.28. The van der Waals surface area contributed by atoms with Gasteiger partial charge in [-0.05, 0) is 25.5 Å². The van der Waals surface area contributed by atoms with Gasteiger partial charge >= 0.3 is 12.1 Å². The molecule has 0 aliphatic rings. The first-order valence-electron chi connectivity index (χ1n) is 5.65. The molecule has 20 heavy (non-hydrogen) atoms. The minimum Gasteiger partial charge on any atom is -0.446 e. The molecule has 8 heteroatoms. The highest BCUT2D eigenvalue weighted by atomic mass is 19.4. The zero-order chi connectivity index (χ0) is 15.6. The molecule has 0 aliphatic heterocycles. The predicted octanol–water partition coefficient (Wildman–Crippen LogP) is 3.48. The lowest BCUT2D eigenvalue weighted by molar-refractivity contribution is -0.384. The summed E-state index contributed by atoms with van der Waals surface area (Å²) in [4.78, 5) is 21.4. The van der Waals surface area contributed by atoms with Crippen LogP contribution in [0.25, 0.3) is 0 Å². The lowest BCUT2D eigenvalue weighted by Crippen LogP contribution is -2.45. The molecule has 0 amide bonds. The van der Waals surface area contributed by atoms with Crippen LogP contribution in [-0.4, -0.2) is 22.7 Å². The van der Waals surface area contributed by atoms with Crippen LogP contribution in [0.15, 0.2) is 24.3 Å². The largest absolute Gasteiger partial charge is 0.446 e. The van der Waals surface area contributed by atoms with Gasteiger partial charge in [0.1, 0.15) is 0 Å². The number of halogens is 3. The molecule has 0 spiro atoms. The van der Waals surface area contributed by atoms with E-state index < -0.39 is 29.1 Å². The number of nitrogens with zero attached hydrogens (tertiary/aromatic N) is 1. The maximum Gasteiger partial charge on any atom is 0.428 e. The number of nitro groups is 1. The normalized spacial score (nSPS) is 14.4. The fourth-order valence-corrected chi connectivity index (χ4v) is 1.31. The summed E-state index contributed by atoms with van der Waals surface area (Å²) in [7, 11) is 0. The van der Waals surface area contributed by atoms with Crippen molar-refractivity contribution in [3.8, 4) is 0 Å². The van der Waals surface area contributed by atoms with Crippen LogP contribution < -0.4 is 0 Å². The van der Waals surface area contributed by atoms with Crippen molar-refractivity contribution < 1.29 is 27.6 Å². The summed E-state index contributed by atoms with van der Waals surface area (Å²) >= 11 is 0. The number of carbonyl (C=O) groups excluding carboxylic acids is 1. The molecule has 1 rings (SSSR count). The number of alkyl halides is 3. The van der Waals surface area contributed by atoms with Crippen molar-refractivity contribution in [1.29, 1.82) is 0 Å². The topological polar surface area (TPSA) is 69.4 Å². The molecule has 0 bridgehead atoms. The molecule has 0 heterocycles. The highest BCUT2D eigenvalue weighted by Gasteiger charge is 2.53. The van der Waals surface area contributed by atoms with E-state index in [-0.39, 0.29) is 11.3 Å². The average molecular weight is 291 g/mol. The molecule has 1 atom stereocenters. The highest BCUT2D eigenvalue weighted by Crippen LogP contribution is 2.36. The predicted molar refractivity (Wildman–Crippen MR) is 63.3 cm³/mol. The van der Waals surface area contributed by atoms with E-state index in [1.807, 2.05) is 0 Å². The van der Waals surface area contributed by atoms with Gasteiger partial charge in [-0.25, -0.2) is 4.79 Å². The maximum absolute atomic E-state index is 12.8. The van der Waals surface area contributed by atoms with Crippen molar-refractivity contribution in [1.82, 2.24) is 0 Å². The Morgan fingerprint density at radius 2 is 1.80 bits per heavy atom. The smallest absolute Gasteiger partial charge is 0.428 e. The van der Waals surface area contributed by atoms with Crippen molar-refractivity contribution in [2.45, 2.75) is 32.0 Å². The fourth-order valence-electron chi connectivity index (χ4n) is 1.31. The van der Waals surface area contributed by atoms with Crippen LogP contribution in [-0.2, 0) is 4.74 Å². The third-order valence-electron chi connectivity index (χ3n) is 2.91. The van der Waals surface area contributed by atoms with Crippen molar-refractivity contribution in [3.63, 3.8) is 0 Å². The monoisotopic (exact) mass is 291 g/mol.